The van der Waals surface area contributed by atoms with E-state index in [9.17, 15) is 4.79 Å². The van der Waals surface area contributed by atoms with Crippen molar-refractivity contribution in [3.8, 4) is 0 Å². The second-order valence-electron chi connectivity index (χ2n) is 4.03. The lowest BCUT2D eigenvalue weighted by Gasteiger charge is -2.18. The first-order chi connectivity index (χ1) is 8.56. The number of hydrogen-bond donors (Lipinski definition) is 3. The van der Waals surface area contributed by atoms with Crippen molar-refractivity contribution < 1.29 is 9.90 Å². The number of nitrogens with one attached hydrogen (secondary N) is 2. The number of nitrogens with zero attached hydrogens (tertiary/aromatic N) is 1. The zero-order valence-electron chi connectivity index (χ0n) is 10.5. The Morgan fingerprint density at radius 3 is 2.72 bits per heavy atom. The molecule has 1 aromatic rings. The molecule has 1 heterocycles. The Balaban J connectivity index is 2.51. The van der Waals surface area contributed by atoms with Gasteiger partial charge in [0, 0.05) is 10.7 Å². The molecule has 0 spiro atoms. The quantitative estimate of drug-likeness (QED) is 0.777. The summed E-state index contributed by atoms with van der Waals surface area (Å²) in [4.78, 5) is 15.9. The van der Waals surface area contributed by atoms with Crippen molar-refractivity contribution in [3.05, 3.63) is 28.5 Å². The molecule has 1 aromatic heterocycles. The molecule has 1 unspecified atom stereocenters. The monoisotopic (exact) mass is 315 g/mol. The molecule has 0 aromatic carbocycles. The van der Waals surface area contributed by atoms with Crippen molar-refractivity contribution >= 4 is 22.0 Å². The second-order valence-corrected chi connectivity index (χ2v) is 4.94. The van der Waals surface area contributed by atoms with Crippen LogP contribution in [0.2, 0.25) is 0 Å². The molecule has 0 saturated heterocycles. The summed E-state index contributed by atoms with van der Waals surface area (Å²) in [7, 11) is 0. The van der Waals surface area contributed by atoms with Gasteiger partial charge in [-0.25, -0.2) is 4.79 Å². The second kappa shape index (κ2) is 7.33. The highest BCUT2D eigenvalue weighted by molar-refractivity contribution is 9.10. The summed E-state index contributed by atoms with van der Waals surface area (Å²) in [6.07, 6.45) is 2.38. The number of carbonyl (C=O) groups is 1. The third-order valence-corrected chi connectivity index (χ3v) is 3.06. The number of hydrogen-bond acceptors (Lipinski definition) is 3. The number of urea groups is 1. The van der Waals surface area contributed by atoms with E-state index in [2.05, 4.69) is 31.5 Å². The maximum Gasteiger partial charge on any atom is 0.315 e. The normalized spacial score (nSPS) is 13.8. The van der Waals surface area contributed by atoms with Gasteiger partial charge in [0.2, 0.25) is 0 Å². The molecule has 0 saturated carbocycles. The number of aromatic nitrogens is 1. The zero-order valence-corrected chi connectivity index (χ0v) is 12.1. The van der Waals surface area contributed by atoms with Crippen molar-refractivity contribution in [2.24, 2.45) is 0 Å². The maximum atomic E-state index is 11.7. The Hall–Kier alpha value is -1.14. The highest BCUT2D eigenvalue weighted by Crippen LogP contribution is 2.13. The van der Waals surface area contributed by atoms with Crippen LogP contribution in [-0.4, -0.2) is 28.8 Å². The van der Waals surface area contributed by atoms with Gasteiger partial charge in [0.05, 0.1) is 24.4 Å². The SMILES string of the molecule is CC[C@H](CO)NC(=O)NC(C)c1ccc(Br)cn1. The van der Waals surface area contributed by atoms with Crippen molar-refractivity contribution in [1.29, 1.82) is 0 Å². The molecule has 0 aliphatic heterocycles. The van der Waals surface area contributed by atoms with Crippen LogP contribution in [0.5, 0.6) is 0 Å². The average Bonchev–Trinajstić information content (AvgIpc) is 2.36. The molecular weight excluding hydrogens is 298 g/mol. The summed E-state index contributed by atoms with van der Waals surface area (Å²) in [5.41, 5.74) is 0.783. The van der Waals surface area contributed by atoms with E-state index in [0.29, 0.717) is 6.42 Å². The molecule has 18 heavy (non-hydrogen) atoms. The Morgan fingerprint density at radius 2 is 2.22 bits per heavy atom. The van der Waals surface area contributed by atoms with Crippen LogP contribution in [-0.2, 0) is 0 Å². The smallest absolute Gasteiger partial charge is 0.315 e. The molecule has 5 nitrogen and oxygen atoms in total. The first-order valence-corrected chi connectivity index (χ1v) is 6.65. The van der Waals surface area contributed by atoms with E-state index >= 15 is 0 Å². The summed E-state index contributed by atoms with van der Waals surface area (Å²) >= 11 is 3.31. The first kappa shape index (κ1) is 14.9. The fourth-order valence-electron chi connectivity index (χ4n) is 1.42. The molecule has 3 N–H and O–H groups in total. The summed E-state index contributed by atoms with van der Waals surface area (Å²) in [5, 5.41) is 14.5. The van der Waals surface area contributed by atoms with Gasteiger partial charge >= 0.3 is 6.03 Å². The van der Waals surface area contributed by atoms with E-state index in [1.54, 1.807) is 6.20 Å². The molecule has 2 amide bonds. The van der Waals surface area contributed by atoms with Crippen LogP contribution in [0.4, 0.5) is 4.79 Å². The Morgan fingerprint density at radius 1 is 1.50 bits per heavy atom. The molecule has 0 bridgehead atoms. The maximum absolute atomic E-state index is 11.7. The van der Waals surface area contributed by atoms with E-state index in [-0.39, 0.29) is 24.7 Å². The predicted octanol–water partition coefficient (Wildman–Crippen LogP) is 1.98. The van der Waals surface area contributed by atoms with Crippen molar-refractivity contribution in [2.75, 3.05) is 6.61 Å². The van der Waals surface area contributed by atoms with Gasteiger partial charge in [-0.2, -0.15) is 0 Å². The first-order valence-electron chi connectivity index (χ1n) is 5.86. The molecular formula is C12H18BrN3O2. The number of aliphatic hydroxyl groups is 1. The fraction of sp³-hybridized carbons (Fsp3) is 0.500. The minimum Gasteiger partial charge on any atom is -0.394 e. The number of pyridine rings is 1. The lowest BCUT2D eigenvalue weighted by Crippen LogP contribution is -2.44. The molecule has 0 aliphatic carbocycles. The van der Waals surface area contributed by atoms with Gasteiger partial charge in [-0.1, -0.05) is 6.92 Å². The Labute approximate surface area is 115 Å². The van der Waals surface area contributed by atoms with Gasteiger partial charge in [-0.3, -0.25) is 4.98 Å². The largest absolute Gasteiger partial charge is 0.394 e. The van der Waals surface area contributed by atoms with Gasteiger partial charge in [0.25, 0.3) is 0 Å². The van der Waals surface area contributed by atoms with Gasteiger partial charge < -0.3 is 15.7 Å². The fourth-order valence-corrected chi connectivity index (χ4v) is 1.65. The van der Waals surface area contributed by atoms with Gasteiger partial charge in [-0.05, 0) is 41.4 Å². The molecule has 100 valence electrons. The number of aliphatic hydroxyl groups excluding tert-OH is 1. The van der Waals surface area contributed by atoms with Crippen LogP contribution < -0.4 is 10.6 Å². The van der Waals surface area contributed by atoms with E-state index in [1.165, 1.54) is 0 Å². The minimum atomic E-state index is -0.298. The van der Waals surface area contributed by atoms with Crippen LogP contribution in [0.3, 0.4) is 0 Å². The highest BCUT2D eigenvalue weighted by atomic mass is 79.9. The Kier molecular flexibility index (Phi) is 6.07. The molecule has 6 heteroatoms. The lowest BCUT2D eigenvalue weighted by molar-refractivity contribution is 0.212. The molecule has 0 fully saturated rings. The van der Waals surface area contributed by atoms with Crippen LogP contribution in [0.15, 0.2) is 22.8 Å². The van der Waals surface area contributed by atoms with E-state index in [4.69, 9.17) is 5.11 Å². The lowest BCUT2D eigenvalue weighted by atomic mass is 10.2. The summed E-state index contributed by atoms with van der Waals surface area (Å²) < 4.78 is 0.897. The molecule has 0 aliphatic rings. The number of halogens is 1. The number of amides is 2. The third kappa shape index (κ3) is 4.62. The highest BCUT2D eigenvalue weighted by Gasteiger charge is 2.13. The van der Waals surface area contributed by atoms with E-state index in [1.807, 2.05) is 26.0 Å². The van der Waals surface area contributed by atoms with Crippen LogP contribution in [0.1, 0.15) is 32.0 Å². The van der Waals surface area contributed by atoms with Gasteiger partial charge in [0.15, 0.2) is 0 Å². The number of rotatable bonds is 5. The van der Waals surface area contributed by atoms with Crippen molar-refractivity contribution in [3.63, 3.8) is 0 Å². The van der Waals surface area contributed by atoms with E-state index in [0.717, 1.165) is 10.2 Å². The van der Waals surface area contributed by atoms with Crippen LogP contribution in [0.25, 0.3) is 0 Å². The zero-order chi connectivity index (χ0) is 13.5. The van der Waals surface area contributed by atoms with Crippen LogP contribution >= 0.6 is 15.9 Å². The number of carbonyl (C=O) groups excluding carboxylic acids is 1. The topological polar surface area (TPSA) is 74.2 Å². The summed E-state index contributed by atoms with van der Waals surface area (Å²) in [6, 6.07) is 3.02. The third-order valence-electron chi connectivity index (χ3n) is 2.59. The van der Waals surface area contributed by atoms with Gasteiger partial charge in [-0.15, -0.1) is 0 Å². The van der Waals surface area contributed by atoms with Crippen LogP contribution in [0, 0.1) is 0 Å². The summed E-state index contributed by atoms with van der Waals surface area (Å²) in [6.45, 7) is 3.70. The molecule has 0 radical (unpaired) electrons. The predicted molar refractivity (Wildman–Crippen MR) is 73.2 cm³/mol. The van der Waals surface area contributed by atoms with Gasteiger partial charge in [0.1, 0.15) is 0 Å². The van der Waals surface area contributed by atoms with Crippen molar-refractivity contribution in [2.45, 2.75) is 32.4 Å². The summed E-state index contributed by atoms with van der Waals surface area (Å²) in [5.74, 6) is 0. The standard InChI is InChI=1S/C12H18BrN3O2/c1-3-10(7-17)16-12(18)15-8(2)11-5-4-9(13)6-14-11/h4-6,8,10,17H,3,7H2,1-2H3,(H2,15,16,18)/t8?,10-/m1/s1. The minimum absolute atomic E-state index is 0.0607. The van der Waals surface area contributed by atoms with E-state index < -0.39 is 0 Å². The Bertz CT molecular complexity index is 379. The molecule has 1 rings (SSSR count). The molecule has 2 atom stereocenters. The van der Waals surface area contributed by atoms with Crippen molar-refractivity contribution in [1.82, 2.24) is 15.6 Å². The average molecular weight is 316 g/mol.